The van der Waals surface area contributed by atoms with E-state index < -0.39 is 17.6 Å². The summed E-state index contributed by atoms with van der Waals surface area (Å²) in [7, 11) is 3.30. The summed E-state index contributed by atoms with van der Waals surface area (Å²) >= 11 is 0. The van der Waals surface area contributed by atoms with E-state index in [-0.39, 0.29) is 0 Å². The Labute approximate surface area is 145 Å². The van der Waals surface area contributed by atoms with Crippen LogP contribution in [-0.4, -0.2) is 60.3 Å². The van der Waals surface area contributed by atoms with Gasteiger partial charge in [0.1, 0.15) is 0 Å². The van der Waals surface area contributed by atoms with Crippen LogP contribution in [0.25, 0.3) is 0 Å². The van der Waals surface area contributed by atoms with Crippen molar-refractivity contribution in [3.8, 4) is 22.9 Å². The molecular formula is C16H22O6Si2. The van der Waals surface area contributed by atoms with E-state index >= 15 is 0 Å². The molecule has 0 saturated heterocycles. The summed E-state index contributed by atoms with van der Waals surface area (Å²) in [4.78, 5) is 0. The Kier molecular flexibility index (Phi) is 8.35. The average Bonchev–Trinajstić information content (AvgIpc) is 2.66. The van der Waals surface area contributed by atoms with Crippen LogP contribution in [0.4, 0.5) is 0 Å². The minimum Gasteiger partial charge on any atom is -0.367 e. The predicted molar refractivity (Wildman–Crippen MR) is 93.8 cm³/mol. The summed E-state index contributed by atoms with van der Waals surface area (Å²) in [5.41, 5.74) is 7.48. The van der Waals surface area contributed by atoms with Crippen LogP contribution < -0.4 is 0 Å². The van der Waals surface area contributed by atoms with Gasteiger partial charge in [-0.3, -0.25) is 0 Å². The van der Waals surface area contributed by atoms with Crippen molar-refractivity contribution in [2.75, 3.05) is 42.7 Å². The van der Waals surface area contributed by atoms with E-state index in [0.717, 1.165) is 11.1 Å². The van der Waals surface area contributed by atoms with Crippen LogP contribution in [-0.2, 0) is 26.6 Å². The van der Waals surface area contributed by atoms with Gasteiger partial charge in [0.05, 0.1) is 0 Å². The van der Waals surface area contributed by atoms with Crippen LogP contribution in [0.5, 0.6) is 0 Å². The Morgan fingerprint density at radius 1 is 0.542 bits per heavy atom. The first-order valence-corrected chi connectivity index (χ1v) is 10.4. The zero-order valence-electron chi connectivity index (χ0n) is 14.8. The molecular weight excluding hydrogens is 344 g/mol. The van der Waals surface area contributed by atoms with Gasteiger partial charge in [-0.25, -0.2) is 0 Å². The molecule has 0 spiro atoms. The topological polar surface area (TPSA) is 55.4 Å². The van der Waals surface area contributed by atoms with E-state index in [0.29, 0.717) is 0 Å². The molecule has 0 fully saturated rings. The summed E-state index contributed by atoms with van der Waals surface area (Å²) < 4.78 is 31.5. The highest BCUT2D eigenvalue weighted by atomic mass is 28.4. The molecule has 6 nitrogen and oxygen atoms in total. The number of rotatable bonds is 6. The molecule has 1 aromatic rings. The van der Waals surface area contributed by atoms with Crippen molar-refractivity contribution in [2.45, 2.75) is 0 Å². The largest absolute Gasteiger partial charge is 0.591 e. The van der Waals surface area contributed by atoms with E-state index in [9.17, 15) is 0 Å². The molecule has 0 aliphatic heterocycles. The molecule has 0 N–H and O–H groups in total. The lowest BCUT2D eigenvalue weighted by Gasteiger charge is -2.17. The molecule has 24 heavy (non-hydrogen) atoms. The van der Waals surface area contributed by atoms with Gasteiger partial charge in [-0.05, 0) is 35.4 Å². The Morgan fingerprint density at radius 2 is 0.792 bits per heavy atom. The zero-order valence-corrected chi connectivity index (χ0v) is 16.8. The average molecular weight is 367 g/mol. The second kappa shape index (κ2) is 9.74. The summed E-state index contributed by atoms with van der Waals surface area (Å²) in [6.45, 7) is 0. The maximum absolute atomic E-state index is 5.26. The van der Waals surface area contributed by atoms with Crippen LogP contribution in [0.2, 0.25) is 0 Å². The molecule has 0 unspecified atom stereocenters. The molecule has 130 valence electrons. The van der Waals surface area contributed by atoms with Crippen LogP contribution in [0.1, 0.15) is 11.1 Å². The molecule has 0 atom stereocenters. The summed E-state index contributed by atoms with van der Waals surface area (Å²) in [5, 5.41) is 0. The van der Waals surface area contributed by atoms with Crippen molar-refractivity contribution in [3.05, 3.63) is 35.4 Å². The monoisotopic (exact) mass is 366 g/mol. The van der Waals surface area contributed by atoms with E-state index in [1.54, 1.807) is 0 Å². The van der Waals surface area contributed by atoms with E-state index in [1.165, 1.54) is 42.7 Å². The van der Waals surface area contributed by atoms with Gasteiger partial charge in [-0.1, -0.05) is 11.8 Å². The number of hydrogen-bond acceptors (Lipinski definition) is 6. The van der Waals surface area contributed by atoms with Crippen molar-refractivity contribution < 1.29 is 26.6 Å². The summed E-state index contributed by atoms with van der Waals surface area (Å²) in [6.07, 6.45) is 0. The predicted octanol–water partition coefficient (Wildman–Crippen LogP) is 1.22. The van der Waals surface area contributed by atoms with Gasteiger partial charge in [-0.2, -0.15) is 0 Å². The molecule has 1 rings (SSSR count). The second-order valence-corrected chi connectivity index (χ2v) is 9.59. The van der Waals surface area contributed by atoms with Gasteiger partial charge in [0.15, 0.2) is 0 Å². The van der Waals surface area contributed by atoms with Gasteiger partial charge in [0.2, 0.25) is 0 Å². The van der Waals surface area contributed by atoms with Gasteiger partial charge >= 0.3 is 17.6 Å². The van der Waals surface area contributed by atoms with Crippen molar-refractivity contribution >= 4 is 17.6 Å². The highest BCUT2D eigenvalue weighted by molar-refractivity contribution is 6.70. The lowest BCUT2D eigenvalue weighted by Crippen LogP contribution is -2.41. The number of benzene rings is 1. The van der Waals surface area contributed by atoms with Crippen LogP contribution in [0.3, 0.4) is 0 Å². The molecule has 0 aliphatic rings. The fraction of sp³-hybridized carbons (Fsp3) is 0.375. The summed E-state index contributed by atoms with van der Waals surface area (Å²) in [5.74, 6) is 5.99. The quantitative estimate of drug-likeness (QED) is 0.557. The maximum Gasteiger partial charge on any atom is 0.591 e. The van der Waals surface area contributed by atoms with Crippen LogP contribution in [0, 0.1) is 22.9 Å². The van der Waals surface area contributed by atoms with Crippen molar-refractivity contribution in [1.82, 2.24) is 0 Å². The molecule has 0 amide bonds. The highest BCUT2D eigenvalue weighted by Crippen LogP contribution is 2.08. The molecule has 0 heterocycles. The SMILES string of the molecule is CO[Si](C#Cc1ccc(C#C[Si](OC)(OC)OC)cc1)(OC)OC. The van der Waals surface area contributed by atoms with Gasteiger partial charge in [0.25, 0.3) is 0 Å². The Morgan fingerprint density at radius 3 is 1.00 bits per heavy atom. The van der Waals surface area contributed by atoms with Crippen molar-refractivity contribution in [1.29, 1.82) is 0 Å². The van der Waals surface area contributed by atoms with Crippen LogP contribution in [0.15, 0.2) is 24.3 Å². The van der Waals surface area contributed by atoms with Gasteiger partial charge in [-0.15, -0.1) is 0 Å². The maximum atomic E-state index is 5.26. The van der Waals surface area contributed by atoms with Gasteiger partial charge in [0, 0.05) is 53.8 Å². The van der Waals surface area contributed by atoms with E-state index in [2.05, 4.69) is 22.9 Å². The number of hydrogen-bond donors (Lipinski definition) is 0. The molecule has 8 heteroatoms. The molecule has 1 aromatic carbocycles. The zero-order chi connectivity index (χ0) is 18.1. The molecule has 0 saturated carbocycles. The smallest absolute Gasteiger partial charge is 0.367 e. The Hall–Kier alpha value is -1.47. The van der Waals surface area contributed by atoms with Crippen molar-refractivity contribution in [3.63, 3.8) is 0 Å². The summed E-state index contributed by atoms with van der Waals surface area (Å²) in [6, 6.07) is 7.42. The fourth-order valence-electron chi connectivity index (χ4n) is 1.74. The minimum absolute atomic E-state index is 0.803. The first kappa shape index (κ1) is 20.6. The van der Waals surface area contributed by atoms with E-state index in [4.69, 9.17) is 26.6 Å². The minimum atomic E-state index is -2.90. The molecule has 0 radical (unpaired) electrons. The molecule has 0 bridgehead atoms. The Bertz CT molecular complexity index is 557. The first-order chi connectivity index (χ1) is 11.5. The third-order valence-electron chi connectivity index (χ3n) is 3.22. The fourth-order valence-corrected chi connectivity index (χ4v) is 3.95. The molecule has 0 aromatic heterocycles. The lowest BCUT2D eigenvalue weighted by atomic mass is 10.1. The normalized spacial score (nSPS) is 11.2. The lowest BCUT2D eigenvalue weighted by molar-refractivity contribution is 0.141. The van der Waals surface area contributed by atoms with Gasteiger partial charge < -0.3 is 26.6 Å². The highest BCUT2D eigenvalue weighted by Gasteiger charge is 2.37. The Balaban J connectivity index is 2.96. The van der Waals surface area contributed by atoms with Crippen molar-refractivity contribution in [2.24, 2.45) is 0 Å². The standard InChI is InChI=1S/C16H22O6Si2/c1-17-23(18-2,19-3)13-11-15-7-9-16(10-8-15)12-14-24(20-4,21-5)22-6/h7-10H,1-6H3. The first-order valence-electron chi connectivity index (χ1n) is 7.00. The van der Waals surface area contributed by atoms with Crippen LogP contribution >= 0.6 is 0 Å². The second-order valence-electron chi connectivity index (χ2n) is 4.41. The third kappa shape index (κ3) is 5.28. The third-order valence-corrected chi connectivity index (χ3v) is 7.30. The molecule has 0 aliphatic carbocycles. The van der Waals surface area contributed by atoms with E-state index in [1.807, 2.05) is 24.3 Å².